The number of aryl methyl sites for hydroxylation is 1. The molecule has 2 aliphatic heterocycles. The molecule has 7 nitrogen and oxygen atoms in total. The molecule has 0 atom stereocenters. The molecule has 3 heterocycles. The molecule has 0 unspecified atom stereocenters. The molecule has 1 spiro atoms. The molecular formula is C33H34N6O. The van der Waals surface area contributed by atoms with E-state index in [9.17, 15) is 4.79 Å². The third-order valence-corrected chi connectivity index (χ3v) is 8.32. The van der Waals surface area contributed by atoms with Gasteiger partial charge in [0.2, 0.25) is 5.91 Å². The highest BCUT2D eigenvalue weighted by Crippen LogP contribution is 2.40. The van der Waals surface area contributed by atoms with Gasteiger partial charge < -0.3 is 14.4 Å². The Bertz CT molecular complexity index is 1510. The Morgan fingerprint density at radius 3 is 2.40 bits per heavy atom. The number of carbonyl (C=O) groups is 1. The van der Waals surface area contributed by atoms with Gasteiger partial charge in [0.25, 0.3) is 0 Å². The second kappa shape index (κ2) is 11.0. The van der Waals surface area contributed by atoms with Crippen molar-refractivity contribution in [2.24, 2.45) is 0 Å². The van der Waals surface area contributed by atoms with E-state index >= 15 is 0 Å². The predicted molar refractivity (Wildman–Crippen MR) is 157 cm³/mol. The van der Waals surface area contributed by atoms with Crippen LogP contribution in [0.1, 0.15) is 35.2 Å². The number of likely N-dealkylation sites (tertiary alicyclic amines) is 1. The molecule has 0 saturated carbocycles. The lowest BCUT2D eigenvalue weighted by atomic mass is 9.85. The summed E-state index contributed by atoms with van der Waals surface area (Å²) < 4.78 is 2.18. The summed E-state index contributed by atoms with van der Waals surface area (Å²) in [6, 6.07) is 26.6. The van der Waals surface area contributed by atoms with Gasteiger partial charge in [0.1, 0.15) is 5.54 Å². The molecule has 40 heavy (non-hydrogen) atoms. The van der Waals surface area contributed by atoms with Gasteiger partial charge >= 0.3 is 0 Å². The zero-order valence-electron chi connectivity index (χ0n) is 22.9. The van der Waals surface area contributed by atoms with Gasteiger partial charge in [-0.2, -0.15) is 0 Å². The molecule has 0 bridgehead atoms. The van der Waals surface area contributed by atoms with Crippen LogP contribution in [0.3, 0.4) is 0 Å². The van der Waals surface area contributed by atoms with Crippen molar-refractivity contribution < 1.29 is 4.79 Å². The number of imidazole rings is 1. The van der Waals surface area contributed by atoms with Gasteiger partial charge in [-0.25, -0.2) is 9.83 Å². The van der Waals surface area contributed by atoms with Crippen molar-refractivity contribution in [2.45, 2.75) is 44.9 Å². The van der Waals surface area contributed by atoms with Crippen LogP contribution in [0.15, 0.2) is 91.4 Å². The topological polar surface area (TPSA) is 49.0 Å². The van der Waals surface area contributed by atoms with E-state index in [1.54, 1.807) is 0 Å². The van der Waals surface area contributed by atoms with Crippen molar-refractivity contribution in [3.8, 4) is 0 Å². The average Bonchev–Trinajstić information content (AvgIpc) is 3.52. The molecule has 0 radical (unpaired) electrons. The summed E-state index contributed by atoms with van der Waals surface area (Å²) in [7, 11) is 0. The molecule has 0 aliphatic carbocycles. The molecule has 2 fully saturated rings. The number of anilines is 1. The Morgan fingerprint density at radius 2 is 1.68 bits per heavy atom. The van der Waals surface area contributed by atoms with Gasteiger partial charge in [0.05, 0.1) is 25.3 Å². The van der Waals surface area contributed by atoms with Gasteiger partial charge in [-0.3, -0.25) is 9.69 Å². The third-order valence-electron chi connectivity index (χ3n) is 8.32. The summed E-state index contributed by atoms with van der Waals surface area (Å²) in [5.41, 5.74) is 5.93. The van der Waals surface area contributed by atoms with Crippen LogP contribution in [-0.2, 0) is 24.4 Å². The Labute approximate surface area is 236 Å². The van der Waals surface area contributed by atoms with Gasteiger partial charge in [-0.05, 0) is 43.0 Å². The summed E-state index contributed by atoms with van der Waals surface area (Å²) in [5.74, 6) is 0.241. The first-order valence-corrected chi connectivity index (χ1v) is 13.9. The standard InChI is InChI=1S/C33H34N6O/c1-26-7-6-8-28(19-26)22-38-25-39(30-9-4-3-5-10-30)33(32(38)40)15-17-36(18-16-33)23-31-20-35-24-37(31)21-27-11-13-29(34-2)14-12-27/h3-14,19-20,24H,15-18,21-23,25H2,1H3. The smallest absolute Gasteiger partial charge is 0.250 e. The molecule has 1 amide bonds. The lowest BCUT2D eigenvalue weighted by molar-refractivity contribution is -0.134. The van der Waals surface area contributed by atoms with Crippen molar-refractivity contribution in [3.63, 3.8) is 0 Å². The van der Waals surface area contributed by atoms with Gasteiger partial charge in [-0.15, -0.1) is 0 Å². The van der Waals surface area contributed by atoms with E-state index < -0.39 is 5.54 Å². The summed E-state index contributed by atoms with van der Waals surface area (Å²) in [4.78, 5) is 28.9. The zero-order valence-corrected chi connectivity index (χ0v) is 22.9. The van der Waals surface area contributed by atoms with Gasteiger partial charge in [0.15, 0.2) is 5.69 Å². The van der Waals surface area contributed by atoms with E-state index in [-0.39, 0.29) is 5.91 Å². The van der Waals surface area contributed by atoms with Crippen LogP contribution < -0.4 is 4.90 Å². The van der Waals surface area contributed by atoms with Crippen molar-refractivity contribution in [1.29, 1.82) is 0 Å². The van der Waals surface area contributed by atoms with E-state index in [4.69, 9.17) is 6.57 Å². The number of piperidine rings is 1. The number of benzene rings is 3. The van der Waals surface area contributed by atoms with Crippen LogP contribution in [0.2, 0.25) is 0 Å². The Balaban J connectivity index is 1.17. The first-order chi connectivity index (χ1) is 19.5. The monoisotopic (exact) mass is 530 g/mol. The molecule has 1 aromatic heterocycles. The first kappa shape index (κ1) is 25.8. The minimum atomic E-state index is -0.521. The SMILES string of the molecule is [C-]#[N+]c1ccc(Cn2cncc2CN2CCC3(CC2)C(=O)N(Cc2cccc(C)c2)CN3c2ccccc2)cc1. The number of hydrogen-bond acceptors (Lipinski definition) is 4. The van der Waals surface area contributed by atoms with E-state index in [0.29, 0.717) is 18.9 Å². The van der Waals surface area contributed by atoms with E-state index in [0.717, 1.165) is 56.0 Å². The van der Waals surface area contributed by atoms with Crippen molar-refractivity contribution in [2.75, 3.05) is 24.7 Å². The molecular weight excluding hydrogens is 496 g/mol. The van der Waals surface area contributed by atoms with Crippen molar-refractivity contribution in [3.05, 3.63) is 125 Å². The second-order valence-electron chi connectivity index (χ2n) is 11.0. The van der Waals surface area contributed by atoms with E-state index in [1.807, 2.05) is 47.8 Å². The summed E-state index contributed by atoms with van der Waals surface area (Å²) in [6.45, 7) is 13.7. The molecule has 2 aliphatic rings. The maximum Gasteiger partial charge on any atom is 0.250 e. The molecule has 7 heteroatoms. The fraction of sp³-hybridized carbons (Fsp3) is 0.303. The number of para-hydroxylation sites is 1. The molecule has 0 N–H and O–H groups in total. The maximum absolute atomic E-state index is 14.1. The minimum absolute atomic E-state index is 0.241. The number of aromatic nitrogens is 2. The lowest BCUT2D eigenvalue weighted by Crippen LogP contribution is -2.56. The van der Waals surface area contributed by atoms with Gasteiger partial charge in [0, 0.05) is 44.6 Å². The lowest BCUT2D eigenvalue weighted by Gasteiger charge is -2.43. The normalized spacial score (nSPS) is 16.9. The highest BCUT2D eigenvalue weighted by atomic mass is 16.2. The number of amides is 1. The number of hydrogen-bond donors (Lipinski definition) is 0. The van der Waals surface area contributed by atoms with Crippen LogP contribution in [0.25, 0.3) is 4.85 Å². The Hall–Kier alpha value is -4.41. The quantitative estimate of drug-likeness (QED) is 0.291. The van der Waals surface area contributed by atoms with Crippen LogP contribution in [0, 0.1) is 13.5 Å². The third kappa shape index (κ3) is 5.11. The van der Waals surface area contributed by atoms with Crippen molar-refractivity contribution >= 4 is 17.3 Å². The summed E-state index contributed by atoms with van der Waals surface area (Å²) >= 11 is 0. The minimum Gasteiger partial charge on any atom is -0.339 e. The number of nitrogens with zero attached hydrogens (tertiary/aromatic N) is 6. The molecule has 4 aromatic rings. The second-order valence-corrected chi connectivity index (χ2v) is 11.0. The predicted octanol–water partition coefficient (Wildman–Crippen LogP) is 5.63. The van der Waals surface area contributed by atoms with Crippen LogP contribution in [0.5, 0.6) is 0 Å². The molecule has 3 aromatic carbocycles. The van der Waals surface area contributed by atoms with E-state index in [2.05, 4.69) is 79.7 Å². The zero-order chi connectivity index (χ0) is 27.5. The Kier molecular flexibility index (Phi) is 7.10. The number of carbonyl (C=O) groups excluding carboxylic acids is 1. The summed E-state index contributed by atoms with van der Waals surface area (Å²) in [5, 5.41) is 0. The fourth-order valence-corrected chi connectivity index (χ4v) is 6.16. The van der Waals surface area contributed by atoms with Crippen LogP contribution in [-0.4, -0.2) is 50.6 Å². The maximum atomic E-state index is 14.1. The van der Waals surface area contributed by atoms with Gasteiger partial charge in [-0.1, -0.05) is 72.3 Å². The first-order valence-electron chi connectivity index (χ1n) is 13.9. The summed E-state index contributed by atoms with van der Waals surface area (Å²) in [6.07, 6.45) is 5.40. The van der Waals surface area contributed by atoms with E-state index in [1.165, 1.54) is 11.1 Å². The molecule has 202 valence electrons. The average molecular weight is 531 g/mol. The van der Waals surface area contributed by atoms with Crippen LogP contribution >= 0.6 is 0 Å². The molecule has 6 rings (SSSR count). The fourth-order valence-electron chi connectivity index (χ4n) is 6.16. The van der Waals surface area contributed by atoms with Crippen molar-refractivity contribution in [1.82, 2.24) is 19.4 Å². The molecule has 2 saturated heterocycles. The number of rotatable bonds is 7. The highest BCUT2D eigenvalue weighted by Gasteiger charge is 2.53. The van der Waals surface area contributed by atoms with Crippen LogP contribution in [0.4, 0.5) is 11.4 Å². The Morgan fingerprint density at radius 1 is 0.900 bits per heavy atom. The highest BCUT2D eigenvalue weighted by molar-refractivity contribution is 5.93. The largest absolute Gasteiger partial charge is 0.339 e.